The van der Waals surface area contributed by atoms with Gasteiger partial charge in [-0.1, -0.05) is 55.5 Å². The van der Waals surface area contributed by atoms with Crippen molar-refractivity contribution in [2.75, 3.05) is 20.1 Å². The van der Waals surface area contributed by atoms with Gasteiger partial charge in [0.05, 0.1) is 13.0 Å². The van der Waals surface area contributed by atoms with Crippen LogP contribution in [-0.4, -0.2) is 54.9 Å². The molecule has 0 aliphatic carbocycles. The maximum absolute atomic E-state index is 13.7. The summed E-state index contributed by atoms with van der Waals surface area (Å²) >= 11 is 0. The Balaban J connectivity index is 1.51. The van der Waals surface area contributed by atoms with Gasteiger partial charge < -0.3 is 14.7 Å². The predicted molar refractivity (Wildman–Crippen MR) is 150 cm³/mol. The molecular weight excluding hydrogens is 512 g/mol. The number of carboxylic acids is 1. The predicted octanol–water partition coefficient (Wildman–Crippen LogP) is 4.95. The molecule has 0 amide bonds. The Morgan fingerprint density at radius 1 is 1.08 bits per heavy atom. The highest BCUT2D eigenvalue weighted by Gasteiger charge is 2.34. The summed E-state index contributed by atoms with van der Waals surface area (Å²) in [6.45, 7) is 6.24. The molecule has 5 rings (SSSR count). The van der Waals surface area contributed by atoms with E-state index in [1.54, 1.807) is 24.3 Å². The standard InChI is InChI=1S/C31H36N2O5S/c1-4-27-20-33(39(36,37)30-8-6-5-7-29(30)38-27)19-25-15-23(10-9-21(25)2)28(17-31(34)35)24-12-11-22-13-14-32(3)18-26(22)16-24/h5-12,15-16,27-28H,4,13-14,17-20H2,1-3H3,(H,34,35)/t27-,28?/m1/s1. The highest BCUT2D eigenvalue weighted by atomic mass is 32.2. The van der Waals surface area contributed by atoms with E-state index in [0.29, 0.717) is 12.2 Å². The molecule has 0 saturated heterocycles. The lowest BCUT2D eigenvalue weighted by molar-refractivity contribution is -0.137. The van der Waals surface area contributed by atoms with E-state index in [0.717, 1.165) is 41.8 Å². The molecule has 206 valence electrons. The first-order valence-corrected chi connectivity index (χ1v) is 15.0. The molecule has 2 atom stereocenters. The number of para-hydroxylation sites is 1. The molecule has 1 N–H and O–H groups in total. The highest BCUT2D eigenvalue weighted by Crippen LogP contribution is 2.35. The van der Waals surface area contributed by atoms with Crippen LogP contribution >= 0.6 is 0 Å². The Kier molecular flexibility index (Phi) is 7.80. The number of fused-ring (bicyclic) bond motifs is 2. The number of rotatable bonds is 7. The molecule has 3 aromatic carbocycles. The average Bonchev–Trinajstić information content (AvgIpc) is 3.01. The number of nitrogens with zero attached hydrogens (tertiary/aromatic N) is 2. The van der Waals surface area contributed by atoms with E-state index in [1.807, 2.05) is 32.0 Å². The number of carbonyl (C=O) groups is 1. The van der Waals surface area contributed by atoms with Gasteiger partial charge in [0.2, 0.25) is 10.0 Å². The van der Waals surface area contributed by atoms with Crippen LogP contribution in [0.1, 0.15) is 59.1 Å². The van der Waals surface area contributed by atoms with Gasteiger partial charge >= 0.3 is 5.97 Å². The molecule has 0 radical (unpaired) electrons. The molecule has 2 heterocycles. The maximum atomic E-state index is 13.7. The van der Waals surface area contributed by atoms with Crippen LogP contribution < -0.4 is 4.74 Å². The molecule has 0 aromatic heterocycles. The second-order valence-electron chi connectivity index (χ2n) is 10.7. The molecular formula is C31H36N2O5S. The molecule has 2 aliphatic rings. The van der Waals surface area contributed by atoms with Crippen LogP contribution in [0.15, 0.2) is 65.6 Å². The summed E-state index contributed by atoms with van der Waals surface area (Å²) in [5, 5.41) is 9.81. The molecule has 0 spiro atoms. The van der Waals surface area contributed by atoms with Gasteiger partial charge in [-0.25, -0.2) is 8.42 Å². The van der Waals surface area contributed by atoms with Crippen molar-refractivity contribution in [3.63, 3.8) is 0 Å². The van der Waals surface area contributed by atoms with Gasteiger partial charge in [0.25, 0.3) is 0 Å². The molecule has 1 unspecified atom stereocenters. The number of sulfonamides is 1. The van der Waals surface area contributed by atoms with Crippen molar-refractivity contribution in [2.24, 2.45) is 0 Å². The maximum Gasteiger partial charge on any atom is 0.304 e. The zero-order chi connectivity index (χ0) is 27.7. The van der Waals surface area contributed by atoms with Gasteiger partial charge in [0, 0.05) is 25.6 Å². The minimum Gasteiger partial charge on any atom is -0.488 e. The molecule has 8 heteroatoms. The Morgan fingerprint density at radius 2 is 1.82 bits per heavy atom. The molecule has 0 saturated carbocycles. The van der Waals surface area contributed by atoms with Gasteiger partial charge in [-0.05, 0) is 72.3 Å². The third-order valence-corrected chi connectivity index (χ3v) is 9.81. The number of hydrogen-bond donors (Lipinski definition) is 1. The Bertz CT molecular complexity index is 1490. The van der Waals surface area contributed by atoms with Crippen molar-refractivity contribution in [1.29, 1.82) is 0 Å². The number of likely N-dealkylation sites (N-methyl/N-ethyl adjacent to an activating group) is 1. The number of carboxylic acid groups (broad SMARTS) is 1. The van der Waals surface area contributed by atoms with Crippen molar-refractivity contribution in [1.82, 2.24) is 9.21 Å². The lowest BCUT2D eigenvalue weighted by Crippen LogP contribution is -2.36. The number of hydrogen-bond acceptors (Lipinski definition) is 5. The summed E-state index contributed by atoms with van der Waals surface area (Å²) in [4.78, 5) is 14.4. The van der Waals surface area contributed by atoms with Crippen molar-refractivity contribution >= 4 is 16.0 Å². The summed E-state index contributed by atoms with van der Waals surface area (Å²) in [6, 6.07) is 19.1. The van der Waals surface area contributed by atoms with E-state index < -0.39 is 16.0 Å². The van der Waals surface area contributed by atoms with Gasteiger partial charge in [0.15, 0.2) is 0 Å². The van der Waals surface area contributed by atoms with E-state index in [2.05, 4.69) is 30.1 Å². The molecule has 2 aliphatic heterocycles. The van der Waals surface area contributed by atoms with E-state index in [1.165, 1.54) is 15.4 Å². The highest BCUT2D eigenvalue weighted by molar-refractivity contribution is 7.89. The van der Waals surface area contributed by atoms with Gasteiger partial charge in [-0.2, -0.15) is 4.31 Å². The van der Waals surface area contributed by atoms with E-state index in [-0.39, 0.29) is 36.4 Å². The van der Waals surface area contributed by atoms with Crippen LogP contribution in [0.2, 0.25) is 0 Å². The van der Waals surface area contributed by atoms with Gasteiger partial charge in [-0.3, -0.25) is 4.79 Å². The van der Waals surface area contributed by atoms with Crippen LogP contribution in [0.5, 0.6) is 5.75 Å². The smallest absolute Gasteiger partial charge is 0.304 e. The fraction of sp³-hybridized carbons (Fsp3) is 0.387. The fourth-order valence-electron chi connectivity index (χ4n) is 5.61. The summed E-state index contributed by atoms with van der Waals surface area (Å²) in [5.41, 5.74) is 6.22. The monoisotopic (exact) mass is 548 g/mol. The SMILES string of the molecule is CC[C@@H]1CN(Cc2cc(C(CC(=O)O)c3ccc4c(c3)CN(C)CC4)ccc2C)S(=O)(=O)c2ccccc2O1. The fourth-order valence-corrected chi connectivity index (χ4v) is 7.18. The summed E-state index contributed by atoms with van der Waals surface area (Å²) in [6.07, 6.45) is 1.35. The first kappa shape index (κ1) is 27.4. The normalized spacial score (nSPS) is 19.8. The summed E-state index contributed by atoms with van der Waals surface area (Å²) in [7, 11) is -1.69. The van der Waals surface area contributed by atoms with Gasteiger partial charge in [0.1, 0.15) is 16.7 Å². The third kappa shape index (κ3) is 5.73. The molecule has 0 bridgehead atoms. The lowest BCUT2D eigenvalue weighted by atomic mass is 9.84. The Hall–Kier alpha value is -3.20. The number of ether oxygens (including phenoxy) is 1. The van der Waals surface area contributed by atoms with Crippen molar-refractivity contribution in [3.05, 3.63) is 94.0 Å². The molecule has 0 fully saturated rings. The number of benzene rings is 3. The minimum atomic E-state index is -3.79. The Labute approximate surface area is 231 Å². The summed E-state index contributed by atoms with van der Waals surface area (Å²) in [5.74, 6) is -0.823. The van der Waals surface area contributed by atoms with Crippen LogP contribution in [0.4, 0.5) is 0 Å². The number of aliphatic carboxylic acids is 1. The lowest BCUT2D eigenvalue weighted by Gasteiger charge is -2.27. The third-order valence-electron chi connectivity index (χ3n) is 7.96. The molecule has 39 heavy (non-hydrogen) atoms. The number of aryl methyl sites for hydroxylation is 1. The van der Waals surface area contributed by atoms with Crippen LogP contribution in [0, 0.1) is 6.92 Å². The second kappa shape index (κ2) is 11.1. The van der Waals surface area contributed by atoms with Crippen LogP contribution in [0.3, 0.4) is 0 Å². The van der Waals surface area contributed by atoms with Gasteiger partial charge in [-0.15, -0.1) is 0 Å². The topological polar surface area (TPSA) is 87.2 Å². The molecule has 7 nitrogen and oxygen atoms in total. The van der Waals surface area contributed by atoms with Crippen molar-refractivity contribution in [3.8, 4) is 5.75 Å². The quantitative estimate of drug-likeness (QED) is 0.450. The first-order valence-electron chi connectivity index (χ1n) is 13.5. The van der Waals surface area contributed by atoms with Crippen LogP contribution in [0.25, 0.3) is 0 Å². The second-order valence-corrected chi connectivity index (χ2v) is 12.7. The first-order chi connectivity index (χ1) is 18.7. The van der Waals surface area contributed by atoms with Crippen molar-refractivity contribution < 1.29 is 23.1 Å². The van der Waals surface area contributed by atoms with E-state index in [9.17, 15) is 18.3 Å². The largest absolute Gasteiger partial charge is 0.488 e. The van der Waals surface area contributed by atoms with Crippen molar-refractivity contribution in [2.45, 2.75) is 63.1 Å². The zero-order valence-corrected chi connectivity index (χ0v) is 23.6. The van der Waals surface area contributed by atoms with Crippen LogP contribution in [-0.2, 0) is 34.3 Å². The zero-order valence-electron chi connectivity index (χ0n) is 22.8. The molecule has 3 aromatic rings. The van der Waals surface area contributed by atoms with E-state index >= 15 is 0 Å². The summed E-state index contributed by atoms with van der Waals surface area (Å²) < 4.78 is 35.0. The minimum absolute atomic E-state index is 0.0434. The average molecular weight is 549 g/mol. The Morgan fingerprint density at radius 3 is 2.59 bits per heavy atom. The van der Waals surface area contributed by atoms with E-state index in [4.69, 9.17) is 4.74 Å².